The van der Waals surface area contributed by atoms with E-state index in [-0.39, 0.29) is 24.3 Å². The van der Waals surface area contributed by atoms with Gasteiger partial charge in [0, 0.05) is 6.42 Å². The minimum absolute atomic E-state index is 0.00993. The first kappa shape index (κ1) is 12.8. The van der Waals surface area contributed by atoms with E-state index in [4.69, 9.17) is 9.47 Å². The molecule has 1 aliphatic rings. The lowest BCUT2D eigenvalue weighted by Crippen LogP contribution is -2.21. The highest BCUT2D eigenvalue weighted by Crippen LogP contribution is 2.31. The maximum absolute atomic E-state index is 11.8. The summed E-state index contributed by atoms with van der Waals surface area (Å²) in [4.78, 5) is 23.1. The number of ketones is 1. The third-order valence-electron chi connectivity index (χ3n) is 2.90. The highest BCUT2D eigenvalue weighted by atomic mass is 16.5. The van der Waals surface area contributed by atoms with E-state index in [9.17, 15) is 9.59 Å². The molecule has 0 bridgehead atoms. The molecule has 0 saturated carbocycles. The van der Waals surface area contributed by atoms with Crippen LogP contribution in [0.2, 0.25) is 0 Å². The van der Waals surface area contributed by atoms with Crippen LogP contribution in [0.1, 0.15) is 31.4 Å². The van der Waals surface area contributed by atoms with Gasteiger partial charge in [-0.15, -0.1) is 0 Å². The van der Waals surface area contributed by atoms with E-state index in [1.54, 1.807) is 6.92 Å². The fourth-order valence-corrected chi connectivity index (χ4v) is 2.03. The summed E-state index contributed by atoms with van der Waals surface area (Å²) in [6.45, 7) is 2.06. The number of carbonyl (C=O) groups is 2. The molecule has 0 amide bonds. The van der Waals surface area contributed by atoms with Gasteiger partial charge in [-0.05, 0) is 12.5 Å². The summed E-state index contributed by atoms with van der Waals surface area (Å²) >= 11 is 0. The molecule has 0 aliphatic carbocycles. The van der Waals surface area contributed by atoms with E-state index in [1.807, 2.05) is 30.3 Å². The largest absolute Gasteiger partial charge is 0.466 e. The fourth-order valence-electron chi connectivity index (χ4n) is 2.03. The predicted octanol–water partition coefficient (Wildman–Crippen LogP) is 2.04. The average molecular weight is 248 g/mol. The van der Waals surface area contributed by atoms with Crippen molar-refractivity contribution in [3.8, 4) is 0 Å². The van der Waals surface area contributed by atoms with Gasteiger partial charge in [-0.25, -0.2) is 0 Å². The van der Waals surface area contributed by atoms with Crippen LogP contribution < -0.4 is 0 Å². The summed E-state index contributed by atoms with van der Waals surface area (Å²) in [6.07, 6.45) is -0.559. The van der Waals surface area contributed by atoms with Crippen LogP contribution in [0.25, 0.3) is 0 Å². The van der Waals surface area contributed by atoms with Crippen LogP contribution in [0, 0.1) is 0 Å². The van der Waals surface area contributed by atoms with Crippen molar-refractivity contribution in [2.75, 3.05) is 6.61 Å². The third-order valence-corrected chi connectivity index (χ3v) is 2.90. The fraction of sp³-hybridized carbons (Fsp3) is 0.429. The Hall–Kier alpha value is -1.68. The molecule has 2 atom stereocenters. The van der Waals surface area contributed by atoms with Gasteiger partial charge in [-0.2, -0.15) is 0 Å². The number of rotatable bonds is 4. The van der Waals surface area contributed by atoms with Crippen LogP contribution in [0.3, 0.4) is 0 Å². The number of benzene rings is 1. The summed E-state index contributed by atoms with van der Waals surface area (Å²) in [6, 6.07) is 9.56. The molecule has 1 aromatic carbocycles. The first-order valence-electron chi connectivity index (χ1n) is 6.09. The molecule has 1 saturated heterocycles. The molecule has 96 valence electrons. The number of hydrogen-bond donors (Lipinski definition) is 0. The Bertz CT molecular complexity index is 427. The molecule has 1 heterocycles. The molecule has 1 aliphatic heterocycles. The van der Waals surface area contributed by atoms with Gasteiger partial charge in [0.25, 0.3) is 0 Å². The standard InChI is InChI=1S/C14H16O4/c1-2-17-14(16)9-13-11(15)8-12(18-13)10-6-4-3-5-7-10/h3-7,12-13H,2,8-9H2,1H3/t12-,13-/m1/s1. The predicted molar refractivity (Wildman–Crippen MR) is 64.9 cm³/mol. The van der Waals surface area contributed by atoms with Crippen LogP contribution in [0.15, 0.2) is 30.3 Å². The minimum Gasteiger partial charge on any atom is -0.466 e. The van der Waals surface area contributed by atoms with Crippen molar-refractivity contribution in [2.45, 2.75) is 32.0 Å². The smallest absolute Gasteiger partial charge is 0.308 e. The summed E-state index contributed by atoms with van der Waals surface area (Å²) in [5, 5.41) is 0. The second-order valence-electron chi connectivity index (χ2n) is 4.20. The van der Waals surface area contributed by atoms with E-state index in [0.717, 1.165) is 5.56 Å². The molecule has 1 aromatic rings. The van der Waals surface area contributed by atoms with Gasteiger partial charge in [0.15, 0.2) is 5.78 Å². The Balaban J connectivity index is 1.97. The lowest BCUT2D eigenvalue weighted by molar-refractivity contribution is -0.148. The zero-order chi connectivity index (χ0) is 13.0. The number of ether oxygens (including phenoxy) is 2. The molecule has 0 aromatic heterocycles. The molecule has 18 heavy (non-hydrogen) atoms. The normalized spacial score (nSPS) is 23.1. The summed E-state index contributed by atoms with van der Waals surface area (Å²) in [5.74, 6) is -0.415. The van der Waals surface area contributed by atoms with Gasteiger partial charge in [-0.1, -0.05) is 30.3 Å². The lowest BCUT2D eigenvalue weighted by Gasteiger charge is -2.12. The first-order valence-corrected chi connectivity index (χ1v) is 6.09. The van der Waals surface area contributed by atoms with Crippen LogP contribution in [0.4, 0.5) is 0 Å². The number of esters is 1. The van der Waals surface area contributed by atoms with Crippen LogP contribution in [0.5, 0.6) is 0 Å². The van der Waals surface area contributed by atoms with Crippen molar-refractivity contribution in [1.82, 2.24) is 0 Å². The van der Waals surface area contributed by atoms with Crippen molar-refractivity contribution in [3.05, 3.63) is 35.9 Å². The number of hydrogen-bond acceptors (Lipinski definition) is 4. The molecule has 0 radical (unpaired) electrons. The molecule has 1 fully saturated rings. The molecule has 0 N–H and O–H groups in total. The number of Topliss-reactive ketones (excluding diaryl/α,β-unsaturated/α-hetero) is 1. The zero-order valence-electron chi connectivity index (χ0n) is 10.3. The molecule has 2 rings (SSSR count). The molecule has 0 spiro atoms. The zero-order valence-corrected chi connectivity index (χ0v) is 10.3. The Kier molecular flexibility index (Phi) is 4.10. The quantitative estimate of drug-likeness (QED) is 0.765. The highest BCUT2D eigenvalue weighted by Gasteiger charge is 2.35. The Labute approximate surface area is 106 Å². The SMILES string of the molecule is CCOC(=O)C[C@H]1O[C@@H](c2ccccc2)CC1=O. The van der Waals surface area contributed by atoms with Crippen LogP contribution in [-0.4, -0.2) is 24.5 Å². The number of carbonyl (C=O) groups excluding carboxylic acids is 2. The van der Waals surface area contributed by atoms with E-state index in [0.29, 0.717) is 13.0 Å². The van der Waals surface area contributed by atoms with Crippen molar-refractivity contribution >= 4 is 11.8 Å². The summed E-state index contributed by atoms with van der Waals surface area (Å²) in [7, 11) is 0. The molecule has 4 nitrogen and oxygen atoms in total. The van der Waals surface area contributed by atoms with Crippen molar-refractivity contribution in [2.24, 2.45) is 0 Å². The Morgan fingerprint density at radius 2 is 2.11 bits per heavy atom. The van der Waals surface area contributed by atoms with Gasteiger partial charge >= 0.3 is 5.97 Å². The summed E-state index contributed by atoms with van der Waals surface area (Å²) in [5.41, 5.74) is 0.970. The molecular weight excluding hydrogens is 232 g/mol. The van der Waals surface area contributed by atoms with E-state index in [2.05, 4.69) is 0 Å². The first-order chi connectivity index (χ1) is 8.70. The molecule has 4 heteroatoms. The van der Waals surface area contributed by atoms with Gasteiger partial charge < -0.3 is 9.47 Å². The highest BCUT2D eigenvalue weighted by molar-refractivity contribution is 5.89. The van der Waals surface area contributed by atoms with Crippen molar-refractivity contribution in [1.29, 1.82) is 0 Å². The average Bonchev–Trinajstić information content (AvgIpc) is 2.72. The van der Waals surface area contributed by atoms with Crippen molar-refractivity contribution < 1.29 is 19.1 Å². The monoisotopic (exact) mass is 248 g/mol. The van der Waals surface area contributed by atoms with E-state index in [1.165, 1.54) is 0 Å². The Morgan fingerprint density at radius 1 is 1.39 bits per heavy atom. The minimum atomic E-state index is -0.658. The van der Waals surface area contributed by atoms with Crippen LogP contribution >= 0.6 is 0 Å². The Morgan fingerprint density at radius 3 is 2.78 bits per heavy atom. The topological polar surface area (TPSA) is 52.6 Å². The maximum atomic E-state index is 11.8. The third kappa shape index (κ3) is 2.96. The van der Waals surface area contributed by atoms with Gasteiger partial charge in [-0.3, -0.25) is 9.59 Å². The summed E-state index contributed by atoms with van der Waals surface area (Å²) < 4.78 is 10.4. The van der Waals surface area contributed by atoms with Gasteiger partial charge in [0.1, 0.15) is 6.10 Å². The molecular formula is C14H16O4. The van der Waals surface area contributed by atoms with Crippen molar-refractivity contribution in [3.63, 3.8) is 0 Å². The van der Waals surface area contributed by atoms with Gasteiger partial charge in [0.2, 0.25) is 0 Å². The van der Waals surface area contributed by atoms with E-state index >= 15 is 0 Å². The lowest BCUT2D eigenvalue weighted by atomic mass is 10.1. The van der Waals surface area contributed by atoms with Gasteiger partial charge in [0.05, 0.1) is 19.1 Å². The maximum Gasteiger partial charge on any atom is 0.308 e. The molecule has 0 unspecified atom stereocenters. The second-order valence-corrected chi connectivity index (χ2v) is 4.20. The van der Waals surface area contributed by atoms with Crippen LogP contribution in [-0.2, 0) is 19.1 Å². The van der Waals surface area contributed by atoms with E-state index < -0.39 is 6.10 Å². The second kappa shape index (κ2) is 5.78.